The van der Waals surface area contributed by atoms with E-state index in [0.717, 1.165) is 45.4 Å². The van der Waals surface area contributed by atoms with Gasteiger partial charge in [0.25, 0.3) is 0 Å². The highest BCUT2D eigenvalue weighted by molar-refractivity contribution is 4.93. The van der Waals surface area contributed by atoms with Crippen molar-refractivity contribution in [3.05, 3.63) is 12.2 Å². The lowest BCUT2D eigenvalue weighted by molar-refractivity contribution is 0.0129. The first kappa shape index (κ1) is 18.6. The molecule has 21 heavy (non-hydrogen) atoms. The molecular formula is C17H33NO3. The highest BCUT2D eigenvalue weighted by Crippen LogP contribution is 2.24. The van der Waals surface area contributed by atoms with Gasteiger partial charge < -0.3 is 19.9 Å². The zero-order valence-corrected chi connectivity index (χ0v) is 13.7. The summed E-state index contributed by atoms with van der Waals surface area (Å²) in [7, 11) is 1.74. The summed E-state index contributed by atoms with van der Waals surface area (Å²) < 4.78 is 10.7. The first-order valence-electron chi connectivity index (χ1n) is 8.34. The molecular weight excluding hydrogens is 266 g/mol. The molecule has 1 rings (SSSR count). The van der Waals surface area contributed by atoms with Crippen LogP contribution >= 0.6 is 0 Å². The van der Waals surface area contributed by atoms with Crippen LogP contribution in [0.25, 0.3) is 0 Å². The fraction of sp³-hybridized carbons (Fsp3) is 0.882. The van der Waals surface area contributed by atoms with Crippen LogP contribution in [-0.4, -0.2) is 51.2 Å². The molecule has 0 saturated heterocycles. The van der Waals surface area contributed by atoms with Crippen molar-refractivity contribution in [1.29, 1.82) is 0 Å². The van der Waals surface area contributed by atoms with E-state index in [1.807, 2.05) is 0 Å². The molecule has 1 aliphatic carbocycles. The zero-order valence-electron chi connectivity index (χ0n) is 13.7. The van der Waals surface area contributed by atoms with Crippen LogP contribution in [0.3, 0.4) is 0 Å². The predicted octanol–water partition coefficient (Wildman–Crippen LogP) is 2.37. The van der Waals surface area contributed by atoms with Gasteiger partial charge in [0.1, 0.15) is 0 Å². The van der Waals surface area contributed by atoms with Crippen molar-refractivity contribution in [3.63, 3.8) is 0 Å². The number of nitrogens with one attached hydrogen (secondary N) is 1. The molecule has 0 spiro atoms. The van der Waals surface area contributed by atoms with E-state index in [1.165, 1.54) is 6.42 Å². The normalized spacial score (nSPS) is 23.4. The van der Waals surface area contributed by atoms with Crippen LogP contribution in [0.4, 0.5) is 0 Å². The van der Waals surface area contributed by atoms with Gasteiger partial charge in [-0.25, -0.2) is 0 Å². The van der Waals surface area contributed by atoms with Crippen molar-refractivity contribution in [1.82, 2.24) is 5.32 Å². The van der Waals surface area contributed by atoms with Crippen molar-refractivity contribution in [2.75, 3.05) is 40.0 Å². The topological polar surface area (TPSA) is 50.7 Å². The zero-order chi connectivity index (χ0) is 15.3. The number of methoxy groups -OCH3 is 1. The van der Waals surface area contributed by atoms with Crippen LogP contribution in [0.2, 0.25) is 0 Å². The summed E-state index contributed by atoms with van der Waals surface area (Å²) in [5, 5.41) is 13.1. The monoisotopic (exact) mass is 299 g/mol. The summed E-state index contributed by atoms with van der Waals surface area (Å²) in [6.07, 6.45) is 9.76. The first-order chi connectivity index (χ1) is 10.2. The Labute approximate surface area is 129 Å². The smallest absolute Gasteiger partial charge is 0.0897 e. The molecule has 0 aromatic rings. The quantitative estimate of drug-likeness (QED) is 0.429. The Kier molecular flexibility index (Phi) is 10.8. The van der Waals surface area contributed by atoms with Gasteiger partial charge in [0.15, 0.2) is 0 Å². The van der Waals surface area contributed by atoms with Crippen LogP contribution in [0, 0.1) is 11.8 Å². The van der Waals surface area contributed by atoms with Crippen molar-refractivity contribution in [2.45, 2.75) is 45.1 Å². The van der Waals surface area contributed by atoms with E-state index in [9.17, 15) is 5.11 Å². The summed E-state index contributed by atoms with van der Waals surface area (Å²) in [5.41, 5.74) is 0. The number of ether oxygens (including phenoxy) is 2. The summed E-state index contributed by atoms with van der Waals surface area (Å²) in [5.74, 6) is 1.30. The summed E-state index contributed by atoms with van der Waals surface area (Å²) in [6, 6.07) is 0. The van der Waals surface area contributed by atoms with E-state index in [2.05, 4.69) is 24.4 Å². The van der Waals surface area contributed by atoms with E-state index in [4.69, 9.17) is 9.47 Å². The minimum absolute atomic E-state index is 0.404. The average Bonchev–Trinajstić information content (AvgIpc) is 2.48. The highest BCUT2D eigenvalue weighted by atomic mass is 16.5. The fourth-order valence-electron chi connectivity index (χ4n) is 2.60. The number of hydrogen-bond acceptors (Lipinski definition) is 4. The van der Waals surface area contributed by atoms with Gasteiger partial charge in [-0.1, -0.05) is 19.1 Å². The molecule has 3 unspecified atom stereocenters. The van der Waals surface area contributed by atoms with Crippen molar-refractivity contribution >= 4 is 0 Å². The third kappa shape index (κ3) is 9.25. The first-order valence-corrected chi connectivity index (χ1v) is 8.34. The molecule has 0 aromatic carbocycles. The molecule has 0 amide bonds. The van der Waals surface area contributed by atoms with Crippen LogP contribution in [0.5, 0.6) is 0 Å². The second kappa shape index (κ2) is 12.2. The van der Waals surface area contributed by atoms with E-state index in [0.29, 0.717) is 25.0 Å². The molecule has 4 nitrogen and oxygen atoms in total. The Morgan fingerprint density at radius 1 is 1.24 bits per heavy atom. The number of aliphatic hydroxyl groups is 1. The largest absolute Gasteiger partial charge is 0.389 e. The molecule has 0 radical (unpaired) electrons. The van der Waals surface area contributed by atoms with Crippen LogP contribution in [0.1, 0.15) is 39.0 Å². The Hall–Kier alpha value is -0.420. The Morgan fingerprint density at radius 2 is 2.05 bits per heavy atom. The van der Waals surface area contributed by atoms with Crippen LogP contribution in [-0.2, 0) is 9.47 Å². The van der Waals surface area contributed by atoms with E-state index >= 15 is 0 Å². The fourth-order valence-corrected chi connectivity index (χ4v) is 2.60. The van der Waals surface area contributed by atoms with Gasteiger partial charge in [-0.3, -0.25) is 0 Å². The standard InChI is InChI=1S/C17H33NO3/c1-15-8-4-5-9-16(15)13-21-14-17(19)12-18-10-6-3-7-11-20-2/h4-5,15-19H,3,6-14H2,1-2H3. The maximum absolute atomic E-state index is 9.86. The predicted molar refractivity (Wildman–Crippen MR) is 86.5 cm³/mol. The molecule has 2 N–H and O–H groups in total. The van der Waals surface area contributed by atoms with Crippen molar-refractivity contribution in [2.24, 2.45) is 11.8 Å². The summed E-state index contributed by atoms with van der Waals surface area (Å²) >= 11 is 0. The van der Waals surface area contributed by atoms with Crippen molar-refractivity contribution < 1.29 is 14.6 Å². The van der Waals surface area contributed by atoms with Gasteiger partial charge in [0, 0.05) is 20.3 Å². The molecule has 4 heteroatoms. The second-order valence-electron chi connectivity index (χ2n) is 6.13. The van der Waals surface area contributed by atoms with Crippen molar-refractivity contribution in [3.8, 4) is 0 Å². The molecule has 0 heterocycles. The summed E-state index contributed by atoms with van der Waals surface area (Å²) in [6.45, 7) is 5.88. The Morgan fingerprint density at radius 3 is 2.81 bits per heavy atom. The number of unbranched alkanes of at least 4 members (excludes halogenated alkanes) is 2. The molecule has 0 bridgehead atoms. The maximum atomic E-state index is 9.86. The molecule has 0 saturated carbocycles. The van der Waals surface area contributed by atoms with Crippen LogP contribution < -0.4 is 5.32 Å². The molecule has 0 fully saturated rings. The van der Waals surface area contributed by atoms with E-state index < -0.39 is 6.10 Å². The van der Waals surface area contributed by atoms with Crippen LogP contribution in [0.15, 0.2) is 12.2 Å². The number of rotatable bonds is 12. The molecule has 1 aliphatic rings. The second-order valence-corrected chi connectivity index (χ2v) is 6.13. The van der Waals surface area contributed by atoms with Gasteiger partial charge in [0.05, 0.1) is 19.3 Å². The molecule has 124 valence electrons. The van der Waals surface area contributed by atoms with Gasteiger partial charge in [-0.15, -0.1) is 0 Å². The highest BCUT2D eigenvalue weighted by Gasteiger charge is 2.18. The molecule has 0 aliphatic heterocycles. The van der Waals surface area contributed by atoms with Gasteiger partial charge >= 0.3 is 0 Å². The minimum atomic E-state index is -0.404. The van der Waals surface area contributed by atoms with Gasteiger partial charge in [0.2, 0.25) is 0 Å². The molecule has 3 atom stereocenters. The maximum Gasteiger partial charge on any atom is 0.0897 e. The number of allylic oxidation sites excluding steroid dienone is 2. The van der Waals surface area contributed by atoms with Gasteiger partial charge in [-0.2, -0.15) is 0 Å². The summed E-state index contributed by atoms with van der Waals surface area (Å²) in [4.78, 5) is 0. The lowest BCUT2D eigenvalue weighted by atomic mass is 9.85. The van der Waals surface area contributed by atoms with E-state index in [-0.39, 0.29) is 0 Å². The average molecular weight is 299 g/mol. The SMILES string of the molecule is COCCCCCNCC(O)COCC1CC=CCC1C. The van der Waals surface area contributed by atoms with Gasteiger partial charge in [-0.05, 0) is 50.5 Å². The Balaban J connectivity index is 1.91. The lowest BCUT2D eigenvalue weighted by Gasteiger charge is -2.25. The van der Waals surface area contributed by atoms with E-state index in [1.54, 1.807) is 7.11 Å². The lowest BCUT2D eigenvalue weighted by Crippen LogP contribution is -2.32. The number of aliphatic hydroxyl groups excluding tert-OH is 1. The molecule has 0 aromatic heterocycles. The number of hydrogen-bond donors (Lipinski definition) is 2. The Bertz CT molecular complexity index is 271. The third-order valence-corrected chi connectivity index (χ3v) is 4.14. The minimum Gasteiger partial charge on any atom is -0.389 e. The third-order valence-electron chi connectivity index (χ3n) is 4.14.